The monoisotopic (exact) mass is 395 g/mol. The number of pyridine rings is 1. The van der Waals surface area contributed by atoms with Crippen LogP contribution >= 0.6 is 11.6 Å². The number of aromatic nitrogens is 1. The highest BCUT2D eigenvalue weighted by molar-refractivity contribution is 6.31. The topological polar surface area (TPSA) is 80.3 Å². The third-order valence-corrected chi connectivity index (χ3v) is 4.53. The Morgan fingerprint density at radius 2 is 1.79 bits per heavy atom. The first-order valence-corrected chi connectivity index (χ1v) is 8.84. The molecule has 0 radical (unpaired) electrons. The summed E-state index contributed by atoms with van der Waals surface area (Å²) in [6, 6.07) is 15.6. The minimum Gasteiger partial charge on any atom is -0.465 e. The van der Waals surface area contributed by atoms with Crippen molar-refractivity contribution >= 4 is 40.5 Å². The number of amides is 1. The fourth-order valence-corrected chi connectivity index (χ4v) is 2.77. The number of anilines is 3. The van der Waals surface area contributed by atoms with E-state index < -0.39 is 5.97 Å². The van der Waals surface area contributed by atoms with Gasteiger partial charge in [-0.25, -0.2) is 4.79 Å². The number of ether oxygens (including phenoxy) is 1. The van der Waals surface area contributed by atoms with Crippen LogP contribution in [0.3, 0.4) is 0 Å². The molecular formula is C21H18ClN3O3. The molecule has 0 atom stereocenters. The van der Waals surface area contributed by atoms with Crippen LogP contribution in [0.5, 0.6) is 0 Å². The van der Waals surface area contributed by atoms with Gasteiger partial charge in [-0.05, 0) is 48.9 Å². The first-order valence-electron chi connectivity index (χ1n) is 8.46. The second-order valence-electron chi connectivity index (χ2n) is 5.96. The van der Waals surface area contributed by atoms with Gasteiger partial charge in [0.15, 0.2) is 0 Å². The lowest BCUT2D eigenvalue weighted by Gasteiger charge is -2.12. The largest absolute Gasteiger partial charge is 0.465 e. The Morgan fingerprint density at radius 3 is 2.57 bits per heavy atom. The number of carbonyl (C=O) groups is 2. The smallest absolute Gasteiger partial charge is 0.339 e. The Morgan fingerprint density at radius 1 is 1.04 bits per heavy atom. The minimum absolute atomic E-state index is 0.222. The number of benzene rings is 2. The van der Waals surface area contributed by atoms with Crippen molar-refractivity contribution in [3.8, 4) is 0 Å². The molecule has 28 heavy (non-hydrogen) atoms. The van der Waals surface area contributed by atoms with Crippen LogP contribution in [0.15, 0.2) is 60.8 Å². The highest BCUT2D eigenvalue weighted by Crippen LogP contribution is 2.24. The molecule has 0 saturated carbocycles. The lowest BCUT2D eigenvalue weighted by atomic mass is 10.1. The molecule has 2 aromatic carbocycles. The minimum atomic E-state index is -0.452. The van der Waals surface area contributed by atoms with E-state index in [0.29, 0.717) is 27.6 Å². The van der Waals surface area contributed by atoms with E-state index in [4.69, 9.17) is 16.3 Å². The average Bonchev–Trinajstić information content (AvgIpc) is 2.71. The van der Waals surface area contributed by atoms with E-state index in [0.717, 1.165) is 5.56 Å². The van der Waals surface area contributed by atoms with Crippen LogP contribution in [0, 0.1) is 6.92 Å². The molecule has 6 nitrogen and oxygen atoms in total. The zero-order valence-electron chi connectivity index (χ0n) is 15.3. The summed E-state index contributed by atoms with van der Waals surface area (Å²) in [4.78, 5) is 28.6. The summed E-state index contributed by atoms with van der Waals surface area (Å²) in [5.74, 6) is -0.818. The molecule has 0 saturated heterocycles. The number of hydrogen-bond donors (Lipinski definition) is 2. The van der Waals surface area contributed by atoms with Crippen LogP contribution in [-0.4, -0.2) is 24.0 Å². The molecule has 3 rings (SSSR count). The van der Waals surface area contributed by atoms with Crippen molar-refractivity contribution in [3.05, 3.63) is 82.6 Å². The molecule has 0 fully saturated rings. The lowest BCUT2D eigenvalue weighted by Crippen LogP contribution is -2.14. The SMILES string of the molecule is COC(=O)c1ccccc1Nc1ccnc(C(=O)Nc2cccc(Cl)c2C)c1. The zero-order chi connectivity index (χ0) is 20.1. The standard InChI is InChI=1S/C21H18ClN3O3/c1-13-16(22)7-5-9-17(13)25-20(26)19-12-14(10-11-23-19)24-18-8-4-3-6-15(18)21(27)28-2/h3-12H,1-2H3,(H,23,24)(H,25,26). The Kier molecular flexibility index (Phi) is 5.91. The third-order valence-electron chi connectivity index (χ3n) is 4.12. The molecule has 0 aliphatic rings. The number of nitrogens with one attached hydrogen (secondary N) is 2. The number of para-hydroxylation sites is 1. The molecule has 1 amide bonds. The van der Waals surface area contributed by atoms with Gasteiger partial charge in [-0.15, -0.1) is 0 Å². The molecule has 1 aromatic heterocycles. The van der Waals surface area contributed by atoms with Gasteiger partial charge in [0.05, 0.1) is 18.4 Å². The number of halogens is 1. The molecular weight excluding hydrogens is 378 g/mol. The summed E-state index contributed by atoms with van der Waals surface area (Å²) in [7, 11) is 1.33. The third kappa shape index (κ3) is 4.29. The van der Waals surface area contributed by atoms with Crippen molar-refractivity contribution in [2.75, 3.05) is 17.7 Å². The summed E-state index contributed by atoms with van der Waals surface area (Å²) >= 11 is 6.10. The molecule has 0 aliphatic heterocycles. The van der Waals surface area contributed by atoms with Crippen LogP contribution in [-0.2, 0) is 4.74 Å². The maximum atomic E-state index is 12.6. The van der Waals surface area contributed by atoms with E-state index in [9.17, 15) is 9.59 Å². The van der Waals surface area contributed by atoms with Gasteiger partial charge >= 0.3 is 5.97 Å². The molecule has 142 valence electrons. The molecule has 0 unspecified atom stereocenters. The number of nitrogens with zero attached hydrogens (tertiary/aromatic N) is 1. The molecule has 1 heterocycles. The number of esters is 1. The van der Waals surface area contributed by atoms with Crippen molar-refractivity contribution in [3.63, 3.8) is 0 Å². The van der Waals surface area contributed by atoms with Crippen LogP contribution in [0.25, 0.3) is 0 Å². The predicted octanol–water partition coefficient (Wildman–Crippen LogP) is 4.83. The summed E-state index contributed by atoms with van der Waals surface area (Å²) in [5, 5.41) is 6.50. The first-order chi connectivity index (χ1) is 13.5. The summed E-state index contributed by atoms with van der Waals surface area (Å²) in [6.45, 7) is 1.83. The van der Waals surface area contributed by atoms with Gasteiger partial charge in [-0.1, -0.05) is 29.8 Å². The summed E-state index contributed by atoms with van der Waals surface area (Å²) in [5.41, 5.74) is 3.19. The number of methoxy groups -OCH3 is 1. The molecule has 0 bridgehead atoms. The van der Waals surface area contributed by atoms with Gasteiger partial charge in [-0.3, -0.25) is 9.78 Å². The van der Waals surface area contributed by atoms with Gasteiger partial charge in [-0.2, -0.15) is 0 Å². The van der Waals surface area contributed by atoms with Gasteiger partial charge < -0.3 is 15.4 Å². The van der Waals surface area contributed by atoms with Crippen molar-refractivity contribution < 1.29 is 14.3 Å². The van der Waals surface area contributed by atoms with E-state index in [2.05, 4.69) is 15.6 Å². The van der Waals surface area contributed by atoms with Crippen molar-refractivity contribution in [1.29, 1.82) is 0 Å². The lowest BCUT2D eigenvalue weighted by molar-refractivity contribution is 0.0601. The van der Waals surface area contributed by atoms with E-state index in [-0.39, 0.29) is 11.6 Å². The molecule has 0 aliphatic carbocycles. The van der Waals surface area contributed by atoms with Gasteiger partial charge in [0.25, 0.3) is 5.91 Å². The van der Waals surface area contributed by atoms with E-state index in [1.165, 1.54) is 13.3 Å². The maximum absolute atomic E-state index is 12.6. The maximum Gasteiger partial charge on any atom is 0.339 e. The van der Waals surface area contributed by atoms with E-state index in [1.54, 1.807) is 54.6 Å². The number of hydrogen-bond acceptors (Lipinski definition) is 5. The molecule has 3 aromatic rings. The summed E-state index contributed by atoms with van der Waals surface area (Å²) in [6.07, 6.45) is 1.52. The van der Waals surface area contributed by atoms with Crippen LogP contribution in [0.1, 0.15) is 26.4 Å². The highest BCUT2D eigenvalue weighted by Gasteiger charge is 2.14. The fraction of sp³-hybridized carbons (Fsp3) is 0.0952. The van der Waals surface area contributed by atoms with E-state index >= 15 is 0 Å². The average molecular weight is 396 g/mol. The number of carbonyl (C=O) groups excluding carboxylic acids is 2. The Labute approximate surface area is 167 Å². The highest BCUT2D eigenvalue weighted by atomic mass is 35.5. The molecule has 7 heteroatoms. The van der Waals surface area contributed by atoms with Crippen LogP contribution in [0.4, 0.5) is 17.1 Å². The second kappa shape index (κ2) is 8.54. The van der Waals surface area contributed by atoms with Gasteiger partial charge in [0, 0.05) is 22.6 Å². The van der Waals surface area contributed by atoms with Gasteiger partial charge in [0.1, 0.15) is 5.69 Å². The Hall–Kier alpha value is -3.38. The predicted molar refractivity (Wildman–Crippen MR) is 109 cm³/mol. The quantitative estimate of drug-likeness (QED) is 0.605. The van der Waals surface area contributed by atoms with Gasteiger partial charge in [0.2, 0.25) is 0 Å². The van der Waals surface area contributed by atoms with Crippen molar-refractivity contribution in [2.45, 2.75) is 6.92 Å². The fourth-order valence-electron chi connectivity index (χ4n) is 2.60. The molecule has 0 spiro atoms. The Balaban J connectivity index is 1.82. The molecule has 2 N–H and O–H groups in total. The zero-order valence-corrected chi connectivity index (χ0v) is 16.1. The second-order valence-corrected chi connectivity index (χ2v) is 6.37. The normalized spacial score (nSPS) is 10.2. The van der Waals surface area contributed by atoms with Crippen molar-refractivity contribution in [2.24, 2.45) is 0 Å². The first kappa shape index (κ1) is 19.4. The van der Waals surface area contributed by atoms with Crippen LogP contribution in [0.2, 0.25) is 5.02 Å². The van der Waals surface area contributed by atoms with Crippen molar-refractivity contribution in [1.82, 2.24) is 4.98 Å². The van der Waals surface area contributed by atoms with Crippen LogP contribution < -0.4 is 10.6 Å². The number of rotatable bonds is 5. The summed E-state index contributed by atoms with van der Waals surface area (Å²) < 4.78 is 4.80. The Bertz CT molecular complexity index is 1040. The van der Waals surface area contributed by atoms with E-state index in [1.807, 2.05) is 6.92 Å².